The van der Waals surface area contributed by atoms with Gasteiger partial charge in [0, 0.05) is 34.5 Å². The van der Waals surface area contributed by atoms with Crippen molar-refractivity contribution >= 4 is 33.7 Å². The van der Waals surface area contributed by atoms with Gasteiger partial charge in [0.25, 0.3) is 0 Å². The van der Waals surface area contributed by atoms with Crippen LogP contribution in [0.5, 0.6) is 0 Å². The molecule has 1 N–H and O–H groups in total. The van der Waals surface area contributed by atoms with Gasteiger partial charge in [-0.1, -0.05) is 41.2 Å². The van der Waals surface area contributed by atoms with Gasteiger partial charge in [-0.3, -0.25) is 9.59 Å². The number of carbonyl (C=O) groups is 1. The van der Waals surface area contributed by atoms with Crippen LogP contribution in [0, 0.1) is 20.8 Å². The van der Waals surface area contributed by atoms with Crippen molar-refractivity contribution in [3.63, 3.8) is 0 Å². The molecule has 2 heterocycles. The molecule has 0 aliphatic heterocycles. The molecule has 0 saturated heterocycles. The third kappa shape index (κ3) is 4.05. The number of nitrogens with one attached hydrogen (secondary N) is 1. The Kier molecular flexibility index (Phi) is 5.15. The van der Waals surface area contributed by atoms with E-state index in [1.165, 1.54) is 16.9 Å². The fourth-order valence-electron chi connectivity index (χ4n) is 2.50. The van der Waals surface area contributed by atoms with Gasteiger partial charge in [0.2, 0.25) is 5.91 Å². The van der Waals surface area contributed by atoms with E-state index in [2.05, 4.69) is 10.3 Å². The average Bonchev–Trinajstić information content (AvgIpc) is 3.09. The Morgan fingerprint density at radius 2 is 1.92 bits per heavy atom. The van der Waals surface area contributed by atoms with Crippen molar-refractivity contribution in [1.29, 1.82) is 0 Å². The first-order valence-corrected chi connectivity index (χ1v) is 9.63. The largest absolute Gasteiger partial charge is 0.307 e. The van der Waals surface area contributed by atoms with E-state index in [1.807, 2.05) is 45.0 Å². The number of aryl methyl sites for hydroxylation is 3. The molecular formula is C18H19N3O2S2. The van der Waals surface area contributed by atoms with Gasteiger partial charge in [-0.15, -0.1) is 11.3 Å². The first kappa shape index (κ1) is 17.6. The van der Waals surface area contributed by atoms with Crippen LogP contribution in [0.1, 0.15) is 22.6 Å². The lowest BCUT2D eigenvalue weighted by Crippen LogP contribution is -2.20. The summed E-state index contributed by atoms with van der Waals surface area (Å²) in [5.41, 5.74) is 4.02. The SMILES string of the molecule is Cc1ccc(-c2nc(NC(=O)CCn3c(C)csc3=O)sc2C)cc1. The molecule has 25 heavy (non-hydrogen) atoms. The Balaban J connectivity index is 1.67. The van der Waals surface area contributed by atoms with Gasteiger partial charge in [-0.25, -0.2) is 4.98 Å². The first-order valence-electron chi connectivity index (χ1n) is 7.93. The summed E-state index contributed by atoms with van der Waals surface area (Å²) in [6.45, 7) is 6.30. The van der Waals surface area contributed by atoms with Gasteiger partial charge in [0.15, 0.2) is 5.13 Å². The average molecular weight is 374 g/mol. The zero-order chi connectivity index (χ0) is 18.0. The summed E-state index contributed by atoms with van der Waals surface area (Å²) in [6, 6.07) is 8.17. The number of thiazole rings is 2. The second-order valence-electron chi connectivity index (χ2n) is 5.88. The van der Waals surface area contributed by atoms with Crippen LogP contribution in [0.15, 0.2) is 34.4 Å². The highest BCUT2D eigenvalue weighted by Crippen LogP contribution is 2.30. The Bertz CT molecular complexity index is 952. The van der Waals surface area contributed by atoms with Crippen molar-refractivity contribution in [3.05, 3.63) is 55.4 Å². The summed E-state index contributed by atoms with van der Waals surface area (Å²) in [4.78, 5) is 29.4. The topological polar surface area (TPSA) is 64.0 Å². The third-order valence-corrected chi connectivity index (χ3v) is 5.67. The molecule has 5 nitrogen and oxygen atoms in total. The number of hydrogen-bond acceptors (Lipinski definition) is 5. The molecule has 3 aromatic rings. The van der Waals surface area contributed by atoms with Gasteiger partial charge >= 0.3 is 4.87 Å². The molecule has 130 valence electrons. The fraction of sp³-hybridized carbons (Fsp3) is 0.278. The molecule has 0 fully saturated rings. The Hall–Kier alpha value is -2.25. The van der Waals surface area contributed by atoms with Crippen LogP contribution in [-0.4, -0.2) is 15.5 Å². The predicted molar refractivity (Wildman–Crippen MR) is 104 cm³/mol. The summed E-state index contributed by atoms with van der Waals surface area (Å²) in [6.07, 6.45) is 0.246. The Morgan fingerprint density at radius 1 is 1.20 bits per heavy atom. The predicted octanol–water partition coefficient (Wildman–Crippen LogP) is 3.99. The van der Waals surface area contributed by atoms with Crippen LogP contribution >= 0.6 is 22.7 Å². The van der Waals surface area contributed by atoms with Crippen molar-refractivity contribution in [2.24, 2.45) is 0 Å². The standard InChI is InChI=1S/C18H19N3O2S2/c1-11-4-6-14(7-5-11)16-13(3)25-17(20-16)19-15(22)8-9-21-12(2)10-24-18(21)23/h4-7,10H,8-9H2,1-3H3,(H,19,20,22). The van der Waals surface area contributed by atoms with E-state index in [0.29, 0.717) is 11.7 Å². The zero-order valence-corrected chi connectivity index (χ0v) is 16.0. The van der Waals surface area contributed by atoms with Gasteiger partial charge < -0.3 is 9.88 Å². The molecule has 0 aliphatic carbocycles. The maximum Gasteiger partial charge on any atom is 0.307 e. The minimum Gasteiger partial charge on any atom is -0.303 e. The summed E-state index contributed by atoms with van der Waals surface area (Å²) in [5.74, 6) is -0.137. The van der Waals surface area contributed by atoms with Crippen molar-refractivity contribution < 1.29 is 4.79 Å². The number of aromatic nitrogens is 2. The van der Waals surface area contributed by atoms with E-state index in [0.717, 1.165) is 33.2 Å². The van der Waals surface area contributed by atoms with Gasteiger partial charge in [-0.05, 0) is 20.8 Å². The number of benzene rings is 1. The van der Waals surface area contributed by atoms with E-state index in [1.54, 1.807) is 9.95 Å². The molecule has 0 radical (unpaired) electrons. The van der Waals surface area contributed by atoms with E-state index >= 15 is 0 Å². The van der Waals surface area contributed by atoms with E-state index in [-0.39, 0.29) is 17.2 Å². The Labute approximate surface area is 154 Å². The Morgan fingerprint density at radius 3 is 2.56 bits per heavy atom. The molecule has 0 spiro atoms. The van der Waals surface area contributed by atoms with Crippen molar-refractivity contribution in [1.82, 2.24) is 9.55 Å². The summed E-state index contributed by atoms with van der Waals surface area (Å²) in [7, 11) is 0. The highest BCUT2D eigenvalue weighted by atomic mass is 32.1. The van der Waals surface area contributed by atoms with Crippen LogP contribution < -0.4 is 10.2 Å². The minimum absolute atomic E-state index is 0.0305. The van der Waals surface area contributed by atoms with Crippen LogP contribution in [0.3, 0.4) is 0 Å². The lowest BCUT2D eigenvalue weighted by Gasteiger charge is -2.04. The molecule has 0 bridgehead atoms. The van der Waals surface area contributed by atoms with E-state index in [4.69, 9.17) is 0 Å². The molecule has 0 aliphatic rings. The number of amides is 1. The van der Waals surface area contributed by atoms with E-state index in [9.17, 15) is 9.59 Å². The number of hydrogen-bond donors (Lipinski definition) is 1. The maximum atomic E-state index is 12.2. The third-order valence-electron chi connectivity index (χ3n) is 3.91. The molecule has 0 saturated carbocycles. The van der Waals surface area contributed by atoms with Crippen LogP contribution in [0.25, 0.3) is 11.3 Å². The van der Waals surface area contributed by atoms with Crippen LogP contribution in [-0.2, 0) is 11.3 Å². The number of nitrogens with zero attached hydrogens (tertiary/aromatic N) is 2. The highest BCUT2D eigenvalue weighted by molar-refractivity contribution is 7.16. The smallest absolute Gasteiger partial charge is 0.303 e. The lowest BCUT2D eigenvalue weighted by atomic mass is 10.1. The minimum atomic E-state index is -0.137. The summed E-state index contributed by atoms with van der Waals surface area (Å²) in [5, 5.41) is 5.24. The fourth-order valence-corrected chi connectivity index (χ4v) is 4.11. The normalized spacial score (nSPS) is 10.8. The number of rotatable bonds is 5. The molecule has 1 amide bonds. The number of carbonyl (C=O) groups excluding carboxylic acids is 1. The van der Waals surface area contributed by atoms with E-state index < -0.39 is 0 Å². The molecule has 2 aromatic heterocycles. The van der Waals surface area contributed by atoms with Gasteiger partial charge in [0.05, 0.1) is 5.69 Å². The lowest BCUT2D eigenvalue weighted by molar-refractivity contribution is -0.116. The molecule has 3 rings (SSSR count). The maximum absolute atomic E-state index is 12.2. The summed E-state index contributed by atoms with van der Waals surface area (Å²) < 4.78 is 1.62. The molecular weight excluding hydrogens is 354 g/mol. The summed E-state index contributed by atoms with van der Waals surface area (Å²) >= 11 is 2.62. The van der Waals surface area contributed by atoms with Crippen molar-refractivity contribution in [2.75, 3.05) is 5.32 Å². The molecule has 7 heteroatoms. The second-order valence-corrected chi connectivity index (χ2v) is 7.91. The molecule has 0 unspecified atom stereocenters. The van der Waals surface area contributed by atoms with Crippen molar-refractivity contribution in [2.45, 2.75) is 33.7 Å². The monoisotopic (exact) mass is 373 g/mol. The van der Waals surface area contributed by atoms with Gasteiger partial charge in [-0.2, -0.15) is 0 Å². The highest BCUT2D eigenvalue weighted by Gasteiger charge is 2.13. The quantitative estimate of drug-likeness (QED) is 0.735. The second kappa shape index (κ2) is 7.33. The zero-order valence-electron chi connectivity index (χ0n) is 14.3. The van der Waals surface area contributed by atoms with Gasteiger partial charge in [0.1, 0.15) is 0 Å². The molecule has 1 aromatic carbocycles. The van der Waals surface area contributed by atoms with Crippen LogP contribution in [0.4, 0.5) is 5.13 Å². The number of anilines is 1. The van der Waals surface area contributed by atoms with Crippen molar-refractivity contribution in [3.8, 4) is 11.3 Å². The first-order chi connectivity index (χ1) is 11.9. The van der Waals surface area contributed by atoms with Crippen LogP contribution in [0.2, 0.25) is 0 Å². The molecule has 0 atom stereocenters.